The Morgan fingerprint density at radius 1 is 1.18 bits per heavy atom. The SMILES string of the molecule is O=C(NC1CCCC1)c1ccc(OC2CCN(Cc3cccs3)CC2)c(Cl)c1. The van der Waals surface area contributed by atoms with Crippen molar-refractivity contribution >= 4 is 28.8 Å². The largest absolute Gasteiger partial charge is 0.489 e. The Morgan fingerprint density at radius 2 is 1.96 bits per heavy atom. The van der Waals surface area contributed by atoms with E-state index in [4.69, 9.17) is 16.3 Å². The van der Waals surface area contributed by atoms with E-state index in [0.29, 0.717) is 22.4 Å². The van der Waals surface area contributed by atoms with E-state index in [0.717, 1.165) is 45.3 Å². The highest BCUT2D eigenvalue weighted by molar-refractivity contribution is 7.09. The monoisotopic (exact) mass is 418 g/mol. The Kier molecular flexibility index (Phi) is 6.55. The topological polar surface area (TPSA) is 41.6 Å². The number of hydrogen-bond acceptors (Lipinski definition) is 4. The summed E-state index contributed by atoms with van der Waals surface area (Å²) in [4.78, 5) is 16.3. The lowest BCUT2D eigenvalue weighted by atomic mass is 10.1. The molecule has 0 unspecified atom stereocenters. The van der Waals surface area contributed by atoms with E-state index < -0.39 is 0 Å². The molecular weight excluding hydrogens is 392 g/mol. The first-order valence-corrected chi connectivity index (χ1v) is 11.4. The maximum atomic E-state index is 12.4. The predicted molar refractivity (Wildman–Crippen MR) is 114 cm³/mol. The van der Waals surface area contributed by atoms with Crippen LogP contribution in [-0.4, -0.2) is 36.0 Å². The van der Waals surface area contributed by atoms with Gasteiger partial charge in [0.15, 0.2) is 0 Å². The summed E-state index contributed by atoms with van der Waals surface area (Å²) in [7, 11) is 0. The summed E-state index contributed by atoms with van der Waals surface area (Å²) < 4.78 is 6.15. The van der Waals surface area contributed by atoms with Gasteiger partial charge in [-0.15, -0.1) is 11.3 Å². The molecule has 2 aromatic rings. The average molecular weight is 419 g/mol. The molecule has 6 heteroatoms. The second kappa shape index (κ2) is 9.29. The van der Waals surface area contributed by atoms with Crippen molar-refractivity contribution in [2.24, 2.45) is 0 Å². The summed E-state index contributed by atoms with van der Waals surface area (Å²) in [5.74, 6) is 0.637. The van der Waals surface area contributed by atoms with Crippen molar-refractivity contribution < 1.29 is 9.53 Å². The quantitative estimate of drug-likeness (QED) is 0.708. The molecule has 1 aliphatic carbocycles. The number of amides is 1. The lowest BCUT2D eigenvalue weighted by Crippen LogP contribution is -2.37. The molecule has 2 heterocycles. The van der Waals surface area contributed by atoms with Crippen molar-refractivity contribution in [3.63, 3.8) is 0 Å². The van der Waals surface area contributed by atoms with Crippen molar-refractivity contribution in [2.45, 2.75) is 57.2 Å². The summed E-state index contributed by atoms with van der Waals surface area (Å²) in [5, 5.41) is 5.75. The fourth-order valence-electron chi connectivity index (χ4n) is 4.06. The maximum Gasteiger partial charge on any atom is 0.251 e. The van der Waals surface area contributed by atoms with Crippen molar-refractivity contribution in [1.29, 1.82) is 0 Å². The zero-order chi connectivity index (χ0) is 19.3. The van der Waals surface area contributed by atoms with E-state index in [-0.39, 0.29) is 12.0 Å². The molecule has 2 aliphatic rings. The van der Waals surface area contributed by atoms with Gasteiger partial charge in [0.05, 0.1) is 5.02 Å². The molecule has 1 amide bonds. The van der Waals surface area contributed by atoms with E-state index in [1.165, 1.54) is 17.7 Å². The summed E-state index contributed by atoms with van der Waals surface area (Å²) >= 11 is 8.23. The van der Waals surface area contributed by atoms with Gasteiger partial charge >= 0.3 is 0 Å². The van der Waals surface area contributed by atoms with Crippen molar-refractivity contribution in [2.75, 3.05) is 13.1 Å². The summed E-state index contributed by atoms with van der Waals surface area (Å²) in [5.41, 5.74) is 0.606. The summed E-state index contributed by atoms with van der Waals surface area (Å²) in [6, 6.07) is 9.99. The van der Waals surface area contributed by atoms with E-state index >= 15 is 0 Å². The molecule has 0 bridgehead atoms. The van der Waals surface area contributed by atoms with Crippen molar-refractivity contribution in [3.8, 4) is 5.75 Å². The molecule has 4 nitrogen and oxygen atoms in total. The van der Waals surface area contributed by atoms with Crippen LogP contribution in [0.5, 0.6) is 5.75 Å². The number of nitrogens with one attached hydrogen (secondary N) is 1. The molecule has 1 aromatic carbocycles. The third-order valence-electron chi connectivity index (χ3n) is 5.67. The number of hydrogen-bond donors (Lipinski definition) is 1. The van der Waals surface area contributed by atoms with Crippen LogP contribution < -0.4 is 10.1 Å². The lowest BCUT2D eigenvalue weighted by Gasteiger charge is -2.32. The number of benzene rings is 1. The van der Waals surface area contributed by atoms with Crippen LogP contribution in [-0.2, 0) is 6.54 Å². The zero-order valence-corrected chi connectivity index (χ0v) is 17.6. The van der Waals surface area contributed by atoms with Crippen LogP contribution in [0.3, 0.4) is 0 Å². The van der Waals surface area contributed by atoms with Gasteiger partial charge in [-0.25, -0.2) is 0 Å². The first-order chi connectivity index (χ1) is 13.7. The van der Waals surface area contributed by atoms with Crippen LogP contribution in [0, 0.1) is 0 Å². The minimum absolute atomic E-state index is 0.0396. The van der Waals surface area contributed by atoms with Crippen molar-refractivity contribution in [3.05, 3.63) is 51.2 Å². The molecule has 1 saturated carbocycles. The molecule has 1 aromatic heterocycles. The lowest BCUT2D eigenvalue weighted by molar-refractivity contribution is 0.0936. The fourth-order valence-corrected chi connectivity index (χ4v) is 5.04. The number of ether oxygens (including phenoxy) is 1. The molecule has 1 aliphatic heterocycles. The van der Waals surface area contributed by atoms with Gasteiger partial charge in [-0.05, 0) is 55.3 Å². The molecule has 0 atom stereocenters. The number of likely N-dealkylation sites (tertiary alicyclic amines) is 1. The number of nitrogens with zero attached hydrogens (tertiary/aromatic N) is 1. The van der Waals surface area contributed by atoms with Crippen LogP contribution in [0.4, 0.5) is 0 Å². The molecule has 28 heavy (non-hydrogen) atoms. The Labute approximate surface area is 175 Å². The minimum atomic E-state index is -0.0396. The number of halogens is 1. The Bertz CT molecular complexity index is 782. The zero-order valence-electron chi connectivity index (χ0n) is 16.0. The van der Waals surface area contributed by atoms with Gasteiger partial charge in [0, 0.05) is 36.1 Å². The number of carbonyl (C=O) groups excluding carboxylic acids is 1. The Hall–Kier alpha value is -1.56. The fraction of sp³-hybridized carbons (Fsp3) is 0.500. The van der Waals surface area contributed by atoms with Gasteiger partial charge in [0.25, 0.3) is 5.91 Å². The molecule has 2 fully saturated rings. The standard InChI is InChI=1S/C22H27ClN2O2S/c23-20-14-16(22(26)24-17-4-1-2-5-17)7-8-21(20)27-18-9-11-25(12-10-18)15-19-6-3-13-28-19/h3,6-8,13-14,17-18H,1-2,4-5,9-12,15H2,(H,24,26). The third-order valence-corrected chi connectivity index (χ3v) is 6.83. The van der Waals surface area contributed by atoms with Gasteiger partial charge in [-0.3, -0.25) is 9.69 Å². The van der Waals surface area contributed by atoms with Crippen molar-refractivity contribution in [1.82, 2.24) is 10.2 Å². The van der Waals surface area contributed by atoms with Crippen LogP contribution in [0.2, 0.25) is 5.02 Å². The van der Waals surface area contributed by atoms with Gasteiger partial charge in [0.2, 0.25) is 0 Å². The van der Waals surface area contributed by atoms with Crippen LogP contribution in [0.15, 0.2) is 35.7 Å². The first-order valence-electron chi connectivity index (χ1n) is 10.2. The number of rotatable bonds is 6. The first kappa shape index (κ1) is 19.7. The highest BCUT2D eigenvalue weighted by atomic mass is 35.5. The molecule has 150 valence electrons. The summed E-state index contributed by atoms with van der Waals surface area (Å²) in [6.45, 7) is 3.08. The van der Waals surface area contributed by atoms with Gasteiger partial charge < -0.3 is 10.1 Å². The number of carbonyl (C=O) groups is 1. The molecule has 1 N–H and O–H groups in total. The highest BCUT2D eigenvalue weighted by Gasteiger charge is 2.22. The number of thiophene rings is 1. The smallest absolute Gasteiger partial charge is 0.251 e. The van der Waals surface area contributed by atoms with E-state index in [9.17, 15) is 4.79 Å². The normalized spacial score (nSPS) is 19.0. The van der Waals surface area contributed by atoms with Gasteiger partial charge in [-0.1, -0.05) is 30.5 Å². The molecular formula is C22H27ClN2O2S. The van der Waals surface area contributed by atoms with Gasteiger partial charge in [0.1, 0.15) is 11.9 Å². The highest BCUT2D eigenvalue weighted by Crippen LogP contribution is 2.29. The molecule has 1 saturated heterocycles. The number of piperidine rings is 1. The van der Waals surface area contributed by atoms with E-state index in [1.54, 1.807) is 6.07 Å². The van der Waals surface area contributed by atoms with Crippen LogP contribution in [0.1, 0.15) is 53.8 Å². The van der Waals surface area contributed by atoms with E-state index in [2.05, 4.69) is 27.7 Å². The second-order valence-electron chi connectivity index (χ2n) is 7.77. The molecule has 4 rings (SSSR count). The predicted octanol–water partition coefficient (Wildman–Crippen LogP) is 5.12. The average Bonchev–Trinajstić information content (AvgIpc) is 3.39. The Balaban J connectivity index is 1.28. The Morgan fingerprint density at radius 3 is 2.64 bits per heavy atom. The minimum Gasteiger partial charge on any atom is -0.489 e. The summed E-state index contributed by atoms with van der Waals surface area (Å²) in [6.07, 6.45) is 6.71. The van der Waals surface area contributed by atoms with E-state index in [1.807, 2.05) is 23.5 Å². The molecule has 0 spiro atoms. The van der Waals surface area contributed by atoms with Gasteiger partial charge in [-0.2, -0.15) is 0 Å². The molecule has 0 radical (unpaired) electrons. The second-order valence-corrected chi connectivity index (χ2v) is 9.21. The third kappa shape index (κ3) is 5.07. The maximum absolute atomic E-state index is 12.4. The van der Waals surface area contributed by atoms with Crippen LogP contribution in [0.25, 0.3) is 0 Å². The van der Waals surface area contributed by atoms with Crippen LogP contribution >= 0.6 is 22.9 Å².